The monoisotopic (exact) mass is 411 g/mol. The Kier molecular flexibility index (Phi) is 6.31. The second-order valence-corrected chi connectivity index (χ2v) is 6.98. The molecule has 0 saturated heterocycles. The lowest BCUT2D eigenvalue weighted by Gasteiger charge is -2.19. The van der Waals surface area contributed by atoms with E-state index in [1.54, 1.807) is 12.1 Å². The first-order valence-electron chi connectivity index (χ1n) is 9.48. The van der Waals surface area contributed by atoms with Crippen molar-refractivity contribution in [3.05, 3.63) is 53.0 Å². The van der Waals surface area contributed by atoms with Crippen LogP contribution in [0.1, 0.15) is 11.4 Å². The number of hydrogen-bond acceptors (Lipinski definition) is 8. The van der Waals surface area contributed by atoms with Crippen LogP contribution in [0.2, 0.25) is 0 Å². The quantitative estimate of drug-likeness (QED) is 0.661. The molecule has 2 heterocycles. The van der Waals surface area contributed by atoms with E-state index in [1.165, 1.54) is 12.0 Å². The van der Waals surface area contributed by atoms with E-state index in [9.17, 15) is 9.59 Å². The van der Waals surface area contributed by atoms with Gasteiger partial charge in [0.05, 0.1) is 25.8 Å². The van der Waals surface area contributed by atoms with E-state index in [4.69, 9.17) is 9.84 Å². The number of aliphatic hydroxyl groups is 1. The van der Waals surface area contributed by atoms with Crippen LogP contribution < -0.4 is 10.2 Å². The normalized spacial score (nSPS) is 13.6. The van der Waals surface area contributed by atoms with E-state index >= 15 is 0 Å². The Balaban J connectivity index is 1.81. The number of aliphatic hydroxyl groups excluding tert-OH is 1. The zero-order valence-corrected chi connectivity index (χ0v) is 17.5. The molecule has 9 nitrogen and oxygen atoms in total. The van der Waals surface area contributed by atoms with Crippen molar-refractivity contribution in [2.75, 3.05) is 44.1 Å². The molecule has 0 unspecified atom stereocenters. The van der Waals surface area contributed by atoms with Crippen LogP contribution in [0.15, 0.2) is 41.6 Å². The van der Waals surface area contributed by atoms with Gasteiger partial charge in [0.25, 0.3) is 5.91 Å². The van der Waals surface area contributed by atoms with Crippen LogP contribution in [-0.4, -0.2) is 65.7 Å². The van der Waals surface area contributed by atoms with Crippen molar-refractivity contribution in [2.24, 2.45) is 0 Å². The highest BCUT2D eigenvalue weighted by atomic mass is 16.5. The number of aryl methyl sites for hydroxylation is 2. The average Bonchev–Trinajstić information content (AvgIpc) is 3.02. The topological polar surface area (TPSA) is 108 Å². The molecule has 0 spiro atoms. The van der Waals surface area contributed by atoms with Crippen LogP contribution in [-0.2, 0) is 14.3 Å². The Bertz CT molecular complexity index is 967. The van der Waals surface area contributed by atoms with E-state index in [2.05, 4.69) is 15.3 Å². The largest absolute Gasteiger partial charge is 0.466 e. The van der Waals surface area contributed by atoms with Gasteiger partial charge in [0.1, 0.15) is 5.70 Å². The fourth-order valence-electron chi connectivity index (χ4n) is 3.23. The predicted octanol–water partition coefficient (Wildman–Crippen LogP) is 1.53. The maximum absolute atomic E-state index is 12.6. The molecule has 2 aromatic rings. The summed E-state index contributed by atoms with van der Waals surface area (Å²) < 4.78 is 4.80. The van der Waals surface area contributed by atoms with Crippen molar-refractivity contribution in [3.8, 4) is 0 Å². The summed E-state index contributed by atoms with van der Waals surface area (Å²) in [6.07, 6.45) is 0. The lowest BCUT2D eigenvalue weighted by molar-refractivity contribution is -0.136. The number of rotatable bonds is 7. The Morgan fingerprint density at radius 3 is 2.43 bits per heavy atom. The number of carbonyl (C=O) groups excluding carboxylic acids is 2. The molecule has 1 aliphatic heterocycles. The van der Waals surface area contributed by atoms with E-state index in [1.807, 2.05) is 44.0 Å². The van der Waals surface area contributed by atoms with Gasteiger partial charge >= 0.3 is 5.97 Å². The van der Waals surface area contributed by atoms with Gasteiger partial charge in [0, 0.05) is 36.4 Å². The van der Waals surface area contributed by atoms with Gasteiger partial charge < -0.3 is 25.0 Å². The highest BCUT2D eigenvalue weighted by Crippen LogP contribution is 2.26. The zero-order chi connectivity index (χ0) is 21.8. The molecule has 0 saturated carbocycles. The lowest BCUT2D eigenvalue weighted by atomic mass is 10.2. The molecule has 0 fully saturated rings. The summed E-state index contributed by atoms with van der Waals surface area (Å²) in [6, 6.07) is 9.26. The summed E-state index contributed by atoms with van der Waals surface area (Å²) in [5.74, 6) is -0.335. The maximum Gasteiger partial charge on any atom is 0.337 e. The Hall–Kier alpha value is -3.46. The van der Waals surface area contributed by atoms with Gasteiger partial charge in [-0.05, 0) is 44.2 Å². The van der Waals surface area contributed by atoms with Gasteiger partial charge in [0.15, 0.2) is 0 Å². The van der Waals surface area contributed by atoms with Crippen LogP contribution in [0, 0.1) is 13.8 Å². The highest BCUT2D eigenvalue weighted by molar-refractivity contribution is 6.08. The number of nitrogens with zero attached hydrogens (tertiary/aromatic N) is 4. The second-order valence-electron chi connectivity index (χ2n) is 6.98. The number of β-amino-alcohol motifs (C(OH)–C–C–N with tert-alkyl or cyclic N) is 1. The van der Waals surface area contributed by atoms with Crippen LogP contribution in [0.4, 0.5) is 17.3 Å². The molecule has 2 N–H and O–H groups in total. The first kappa shape index (κ1) is 21.3. The van der Waals surface area contributed by atoms with Crippen molar-refractivity contribution in [1.82, 2.24) is 14.9 Å². The minimum atomic E-state index is -0.574. The first-order chi connectivity index (χ1) is 14.3. The molecule has 1 amide bonds. The third kappa shape index (κ3) is 4.41. The summed E-state index contributed by atoms with van der Waals surface area (Å²) in [7, 11) is 3.15. The molecule has 0 radical (unpaired) electrons. The third-order valence-corrected chi connectivity index (χ3v) is 4.75. The van der Waals surface area contributed by atoms with Crippen LogP contribution in [0.3, 0.4) is 0 Å². The number of methoxy groups -OCH3 is 1. The molecule has 3 rings (SSSR count). The van der Waals surface area contributed by atoms with Crippen molar-refractivity contribution < 1.29 is 19.4 Å². The SMILES string of the molecule is COC(=O)C1=C(Nc2ccc(N(C)c3nc(C)cc(C)n3)cc2)C(=O)N(CCO)C1. The Morgan fingerprint density at radius 1 is 1.23 bits per heavy atom. The van der Waals surface area contributed by atoms with Crippen LogP contribution in [0.5, 0.6) is 0 Å². The van der Waals surface area contributed by atoms with E-state index in [-0.39, 0.29) is 36.9 Å². The van der Waals surface area contributed by atoms with Crippen molar-refractivity contribution in [2.45, 2.75) is 13.8 Å². The van der Waals surface area contributed by atoms with Crippen molar-refractivity contribution in [1.29, 1.82) is 0 Å². The minimum absolute atomic E-state index is 0.0965. The minimum Gasteiger partial charge on any atom is -0.466 e. The molecule has 1 aromatic heterocycles. The molecular weight excluding hydrogens is 386 g/mol. The Morgan fingerprint density at radius 2 is 1.87 bits per heavy atom. The molecule has 30 heavy (non-hydrogen) atoms. The molecule has 1 aromatic carbocycles. The average molecular weight is 411 g/mol. The fraction of sp³-hybridized carbons (Fsp3) is 0.333. The smallest absolute Gasteiger partial charge is 0.337 e. The number of esters is 1. The van der Waals surface area contributed by atoms with Crippen LogP contribution in [0.25, 0.3) is 0 Å². The van der Waals surface area contributed by atoms with Gasteiger partial charge in [-0.2, -0.15) is 0 Å². The first-order valence-corrected chi connectivity index (χ1v) is 9.48. The molecule has 0 bridgehead atoms. The third-order valence-electron chi connectivity index (χ3n) is 4.75. The van der Waals surface area contributed by atoms with E-state index in [0.29, 0.717) is 11.6 Å². The van der Waals surface area contributed by atoms with Gasteiger partial charge in [-0.15, -0.1) is 0 Å². The number of ether oxygens (including phenoxy) is 1. The molecule has 0 atom stereocenters. The molecule has 9 heteroatoms. The number of anilines is 3. The molecule has 0 aliphatic carbocycles. The van der Waals surface area contributed by atoms with Gasteiger partial charge in [-0.3, -0.25) is 4.79 Å². The van der Waals surface area contributed by atoms with Gasteiger partial charge in [0.2, 0.25) is 5.95 Å². The molecule has 1 aliphatic rings. The fourth-order valence-corrected chi connectivity index (χ4v) is 3.23. The number of carbonyl (C=O) groups is 2. The highest BCUT2D eigenvalue weighted by Gasteiger charge is 2.34. The number of hydrogen-bond donors (Lipinski definition) is 2. The number of nitrogens with one attached hydrogen (secondary N) is 1. The molecule has 158 valence electrons. The van der Waals surface area contributed by atoms with Gasteiger partial charge in [-0.25, -0.2) is 14.8 Å². The van der Waals surface area contributed by atoms with Gasteiger partial charge in [-0.1, -0.05) is 0 Å². The van der Waals surface area contributed by atoms with E-state index in [0.717, 1.165) is 17.1 Å². The molecular formula is C21H25N5O4. The Labute approximate surface area is 175 Å². The van der Waals surface area contributed by atoms with Crippen molar-refractivity contribution in [3.63, 3.8) is 0 Å². The van der Waals surface area contributed by atoms with Crippen LogP contribution >= 0.6 is 0 Å². The summed E-state index contributed by atoms with van der Waals surface area (Å²) in [4.78, 5) is 36.9. The lowest BCUT2D eigenvalue weighted by Crippen LogP contribution is -2.31. The number of aromatic nitrogens is 2. The number of benzene rings is 1. The zero-order valence-electron chi connectivity index (χ0n) is 17.5. The summed E-state index contributed by atoms with van der Waals surface area (Å²) >= 11 is 0. The van der Waals surface area contributed by atoms with E-state index < -0.39 is 5.97 Å². The summed E-state index contributed by atoms with van der Waals surface area (Å²) in [5.41, 5.74) is 3.68. The number of amides is 1. The van der Waals surface area contributed by atoms with Crippen molar-refractivity contribution >= 4 is 29.2 Å². The summed E-state index contributed by atoms with van der Waals surface area (Å²) in [5, 5.41) is 12.2. The summed E-state index contributed by atoms with van der Waals surface area (Å²) in [6.45, 7) is 3.90. The standard InChI is InChI=1S/C21H25N5O4/c1-13-11-14(2)23-21(22-13)25(3)16-7-5-15(6-8-16)24-18-17(20(29)30-4)12-26(9-10-27)19(18)28/h5-8,11,24,27H,9-10,12H2,1-4H3. The second kappa shape index (κ2) is 8.91. The predicted molar refractivity (Wildman–Crippen MR) is 112 cm³/mol. The maximum atomic E-state index is 12.6.